The molecule has 0 aromatic heterocycles. The topological polar surface area (TPSA) is 20.2 Å². The van der Waals surface area contributed by atoms with Crippen molar-refractivity contribution in [3.63, 3.8) is 0 Å². The fourth-order valence-corrected chi connectivity index (χ4v) is 1.99. The van der Waals surface area contributed by atoms with Gasteiger partial charge in [-0.2, -0.15) is 0 Å². The van der Waals surface area contributed by atoms with Gasteiger partial charge in [-0.25, -0.2) is 0 Å². The van der Waals surface area contributed by atoms with Gasteiger partial charge in [-0.05, 0) is 44.1 Å². The van der Waals surface area contributed by atoms with Crippen molar-refractivity contribution in [3.8, 4) is 0 Å². The van der Waals surface area contributed by atoms with E-state index in [9.17, 15) is 5.11 Å². The van der Waals surface area contributed by atoms with Crippen LogP contribution in [-0.2, 0) is 0 Å². The lowest BCUT2D eigenvalue weighted by molar-refractivity contribution is 0.244. The standard InChI is InChI=1S/C13H22O/c1-10(14)7-8-12-6-5-9-13(3,4)11(12)2/h7-8,10,14H,5-6,9H2,1-4H3. The van der Waals surface area contributed by atoms with Crippen molar-refractivity contribution in [1.82, 2.24) is 0 Å². The van der Waals surface area contributed by atoms with Gasteiger partial charge in [0.2, 0.25) is 0 Å². The molecule has 1 aliphatic rings. The SMILES string of the molecule is CC1=C(C=CC(C)O)CCCC1(C)C. The second kappa shape index (κ2) is 4.31. The molecule has 1 nitrogen and oxygen atoms in total. The van der Waals surface area contributed by atoms with E-state index < -0.39 is 0 Å². The highest BCUT2D eigenvalue weighted by Gasteiger charge is 2.25. The Balaban J connectivity index is 2.86. The lowest BCUT2D eigenvalue weighted by Crippen LogP contribution is -2.18. The van der Waals surface area contributed by atoms with E-state index in [2.05, 4.69) is 26.8 Å². The molecule has 1 heteroatoms. The maximum Gasteiger partial charge on any atom is 0.0695 e. The van der Waals surface area contributed by atoms with E-state index in [1.165, 1.54) is 30.4 Å². The van der Waals surface area contributed by atoms with Gasteiger partial charge in [-0.3, -0.25) is 0 Å². The Hall–Kier alpha value is -0.560. The van der Waals surface area contributed by atoms with Crippen molar-refractivity contribution in [2.45, 2.75) is 53.1 Å². The lowest BCUT2D eigenvalue weighted by Gasteiger charge is -2.32. The largest absolute Gasteiger partial charge is 0.389 e. The van der Waals surface area contributed by atoms with Gasteiger partial charge in [0.05, 0.1) is 6.10 Å². The van der Waals surface area contributed by atoms with Gasteiger partial charge in [-0.15, -0.1) is 0 Å². The first kappa shape index (κ1) is 11.5. The minimum absolute atomic E-state index is 0.333. The molecule has 0 spiro atoms. The van der Waals surface area contributed by atoms with Crippen LogP contribution in [-0.4, -0.2) is 11.2 Å². The molecule has 0 fully saturated rings. The first-order chi connectivity index (χ1) is 6.43. The van der Waals surface area contributed by atoms with E-state index in [1.807, 2.05) is 6.08 Å². The summed E-state index contributed by atoms with van der Waals surface area (Å²) < 4.78 is 0. The fourth-order valence-electron chi connectivity index (χ4n) is 1.99. The highest BCUT2D eigenvalue weighted by Crippen LogP contribution is 2.40. The maximum absolute atomic E-state index is 9.19. The Morgan fingerprint density at radius 1 is 1.43 bits per heavy atom. The van der Waals surface area contributed by atoms with E-state index in [0.717, 1.165) is 0 Å². The summed E-state index contributed by atoms with van der Waals surface area (Å²) in [6.07, 6.45) is 7.36. The van der Waals surface area contributed by atoms with E-state index in [1.54, 1.807) is 6.92 Å². The Morgan fingerprint density at radius 2 is 2.07 bits per heavy atom. The van der Waals surface area contributed by atoms with Crippen LogP contribution in [0.1, 0.15) is 47.0 Å². The Labute approximate surface area is 87.5 Å². The second-order valence-electron chi connectivity index (χ2n) is 4.99. The van der Waals surface area contributed by atoms with Crippen LogP contribution < -0.4 is 0 Å². The summed E-state index contributed by atoms with van der Waals surface area (Å²) in [6, 6.07) is 0. The van der Waals surface area contributed by atoms with Gasteiger partial charge >= 0.3 is 0 Å². The molecule has 80 valence electrons. The van der Waals surface area contributed by atoms with Crippen LogP contribution in [0, 0.1) is 5.41 Å². The predicted octanol–water partition coefficient (Wildman–Crippen LogP) is 3.45. The van der Waals surface area contributed by atoms with Crippen LogP contribution in [0.25, 0.3) is 0 Å². The number of hydrogen-bond donors (Lipinski definition) is 1. The number of allylic oxidation sites excluding steroid dienone is 3. The van der Waals surface area contributed by atoms with Crippen LogP contribution in [0.5, 0.6) is 0 Å². The molecule has 0 aliphatic heterocycles. The fraction of sp³-hybridized carbons (Fsp3) is 0.692. The Morgan fingerprint density at radius 3 is 2.64 bits per heavy atom. The summed E-state index contributed by atoms with van der Waals surface area (Å²) in [4.78, 5) is 0. The Kier molecular flexibility index (Phi) is 3.54. The third-order valence-electron chi connectivity index (χ3n) is 3.32. The summed E-state index contributed by atoms with van der Waals surface area (Å²) in [5.41, 5.74) is 3.25. The molecule has 1 rings (SSSR count). The van der Waals surface area contributed by atoms with Crippen molar-refractivity contribution in [2.24, 2.45) is 5.41 Å². The van der Waals surface area contributed by atoms with Crippen molar-refractivity contribution in [2.75, 3.05) is 0 Å². The molecule has 0 aromatic rings. The van der Waals surface area contributed by atoms with E-state index in [0.29, 0.717) is 5.41 Å². The van der Waals surface area contributed by atoms with Crippen molar-refractivity contribution < 1.29 is 5.11 Å². The first-order valence-electron chi connectivity index (χ1n) is 5.50. The minimum atomic E-state index is -0.333. The molecular formula is C13H22O. The number of aliphatic hydroxyl groups excluding tert-OH is 1. The quantitative estimate of drug-likeness (QED) is 0.714. The summed E-state index contributed by atoms with van der Waals surface area (Å²) in [5.74, 6) is 0. The zero-order valence-electron chi connectivity index (χ0n) is 9.80. The lowest BCUT2D eigenvalue weighted by atomic mass is 9.73. The number of rotatable bonds is 2. The summed E-state index contributed by atoms with van der Waals surface area (Å²) in [7, 11) is 0. The molecule has 1 unspecified atom stereocenters. The third-order valence-corrected chi connectivity index (χ3v) is 3.32. The predicted molar refractivity (Wildman–Crippen MR) is 61.2 cm³/mol. The van der Waals surface area contributed by atoms with Crippen molar-refractivity contribution in [3.05, 3.63) is 23.3 Å². The Bertz CT molecular complexity index is 256. The molecule has 0 saturated carbocycles. The van der Waals surface area contributed by atoms with E-state index in [4.69, 9.17) is 0 Å². The number of aliphatic hydroxyl groups is 1. The molecule has 1 aliphatic carbocycles. The summed E-state index contributed by atoms with van der Waals surface area (Å²) in [5, 5.41) is 9.19. The second-order valence-corrected chi connectivity index (χ2v) is 4.99. The molecule has 0 radical (unpaired) electrons. The zero-order valence-corrected chi connectivity index (χ0v) is 9.80. The maximum atomic E-state index is 9.19. The average Bonchev–Trinajstić information content (AvgIpc) is 2.07. The number of hydrogen-bond acceptors (Lipinski definition) is 1. The van der Waals surface area contributed by atoms with E-state index in [-0.39, 0.29) is 6.10 Å². The first-order valence-corrected chi connectivity index (χ1v) is 5.50. The van der Waals surface area contributed by atoms with E-state index >= 15 is 0 Å². The van der Waals surface area contributed by atoms with Crippen LogP contribution >= 0.6 is 0 Å². The van der Waals surface area contributed by atoms with Crippen LogP contribution in [0.2, 0.25) is 0 Å². The van der Waals surface area contributed by atoms with Crippen LogP contribution in [0.4, 0.5) is 0 Å². The van der Waals surface area contributed by atoms with Gasteiger partial charge in [-0.1, -0.05) is 31.6 Å². The van der Waals surface area contributed by atoms with Crippen molar-refractivity contribution in [1.29, 1.82) is 0 Å². The van der Waals surface area contributed by atoms with Gasteiger partial charge < -0.3 is 5.11 Å². The van der Waals surface area contributed by atoms with Crippen molar-refractivity contribution >= 4 is 0 Å². The summed E-state index contributed by atoms with van der Waals surface area (Å²) >= 11 is 0. The zero-order chi connectivity index (χ0) is 10.8. The van der Waals surface area contributed by atoms with Gasteiger partial charge in [0.1, 0.15) is 0 Å². The highest BCUT2D eigenvalue weighted by atomic mass is 16.3. The summed E-state index contributed by atoms with van der Waals surface area (Å²) in [6.45, 7) is 8.62. The van der Waals surface area contributed by atoms with Crippen LogP contribution in [0.15, 0.2) is 23.3 Å². The van der Waals surface area contributed by atoms with Gasteiger partial charge in [0.15, 0.2) is 0 Å². The smallest absolute Gasteiger partial charge is 0.0695 e. The molecular weight excluding hydrogens is 172 g/mol. The van der Waals surface area contributed by atoms with Gasteiger partial charge in [0.25, 0.3) is 0 Å². The molecule has 14 heavy (non-hydrogen) atoms. The third kappa shape index (κ3) is 2.71. The highest BCUT2D eigenvalue weighted by molar-refractivity contribution is 5.30. The monoisotopic (exact) mass is 194 g/mol. The molecule has 0 amide bonds. The molecule has 0 aromatic carbocycles. The normalized spacial score (nSPS) is 24.4. The molecule has 0 saturated heterocycles. The molecule has 0 bridgehead atoms. The minimum Gasteiger partial charge on any atom is -0.389 e. The molecule has 0 heterocycles. The average molecular weight is 194 g/mol. The molecule has 1 N–H and O–H groups in total. The van der Waals surface area contributed by atoms with Gasteiger partial charge in [0, 0.05) is 0 Å². The molecule has 1 atom stereocenters. The van der Waals surface area contributed by atoms with Crippen LogP contribution in [0.3, 0.4) is 0 Å².